The lowest BCUT2D eigenvalue weighted by Gasteiger charge is -2.26. The van der Waals surface area contributed by atoms with Crippen molar-refractivity contribution in [2.45, 2.75) is 70.6 Å². The first kappa shape index (κ1) is 27.3. The fourth-order valence-electron chi connectivity index (χ4n) is 2.46. The Morgan fingerprint density at radius 2 is 1.47 bits per heavy atom. The van der Waals surface area contributed by atoms with E-state index in [0.29, 0.717) is 25.8 Å². The number of hydrogen-bond acceptors (Lipinski definition) is 7. The van der Waals surface area contributed by atoms with Crippen LogP contribution in [0.3, 0.4) is 0 Å². The summed E-state index contributed by atoms with van der Waals surface area (Å²) >= 11 is 0. The van der Waals surface area contributed by atoms with Crippen molar-refractivity contribution in [2.75, 3.05) is 6.54 Å². The minimum atomic E-state index is -1.52. The largest absolute Gasteiger partial charge is 0.481 e. The third kappa shape index (κ3) is 10.2. The molecule has 0 saturated carbocycles. The molecule has 0 fully saturated rings. The van der Waals surface area contributed by atoms with E-state index < -0.39 is 66.2 Å². The van der Waals surface area contributed by atoms with Gasteiger partial charge in [-0.1, -0.05) is 20.3 Å². The van der Waals surface area contributed by atoms with Gasteiger partial charge in [0, 0.05) is 0 Å². The molecule has 0 aromatic heterocycles. The summed E-state index contributed by atoms with van der Waals surface area (Å²) in [6.45, 7) is 4.98. The third-order valence-corrected chi connectivity index (χ3v) is 4.29. The van der Waals surface area contributed by atoms with Gasteiger partial charge >= 0.3 is 11.9 Å². The molecule has 0 heterocycles. The Balaban J connectivity index is 5.19. The Morgan fingerprint density at radius 1 is 0.867 bits per heavy atom. The van der Waals surface area contributed by atoms with Gasteiger partial charge in [0.2, 0.25) is 17.7 Å². The quantitative estimate of drug-likeness (QED) is 0.153. The van der Waals surface area contributed by atoms with Gasteiger partial charge in [0.25, 0.3) is 0 Å². The van der Waals surface area contributed by atoms with Gasteiger partial charge in [-0.15, -0.1) is 0 Å². The molecule has 0 spiro atoms. The van der Waals surface area contributed by atoms with E-state index in [2.05, 4.69) is 16.0 Å². The zero-order valence-corrected chi connectivity index (χ0v) is 17.5. The molecule has 0 aliphatic heterocycles. The van der Waals surface area contributed by atoms with Gasteiger partial charge in [-0.25, -0.2) is 0 Å². The van der Waals surface area contributed by atoms with E-state index in [4.69, 9.17) is 21.7 Å². The Kier molecular flexibility index (Phi) is 12.3. The average molecular weight is 431 g/mol. The van der Waals surface area contributed by atoms with Crippen LogP contribution in [0.2, 0.25) is 0 Å². The summed E-state index contributed by atoms with van der Waals surface area (Å²) in [5.41, 5.74) is 11.2. The number of amides is 3. The summed E-state index contributed by atoms with van der Waals surface area (Å²) < 4.78 is 0. The van der Waals surface area contributed by atoms with Crippen molar-refractivity contribution in [2.24, 2.45) is 17.4 Å². The zero-order valence-electron chi connectivity index (χ0n) is 17.5. The number of carboxylic acids is 2. The first-order valence-corrected chi connectivity index (χ1v) is 9.72. The van der Waals surface area contributed by atoms with Crippen LogP contribution in [0.5, 0.6) is 0 Å². The monoisotopic (exact) mass is 431 g/mol. The minimum Gasteiger partial charge on any atom is -0.481 e. The van der Waals surface area contributed by atoms with E-state index in [1.807, 2.05) is 0 Å². The molecule has 12 nitrogen and oxygen atoms in total. The van der Waals surface area contributed by atoms with Crippen molar-refractivity contribution in [3.8, 4) is 0 Å². The van der Waals surface area contributed by atoms with Gasteiger partial charge in [0.1, 0.15) is 18.1 Å². The summed E-state index contributed by atoms with van der Waals surface area (Å²) in [7, 11) is 0. The molecule has 4 atom stereocenters. The molecular formula is C18H33N5O7. The van der Waals surface area contributed by atoms with Gasteiger partial charge in [-0.05, 0) is 32.2 Å². The van der Waals surface area contributed by atoms with Gasteiger partial charge < -0.3 is 37.6 Å². The predicted molar refractivity (Wildman–Crippen MR) is 107 cm³/mol. The lowest BCUT2D eigenvalue weighted by Crippen LogP contribution is -2.58. The van der Waals surface area contributed by atoms with Crippen molar-refractivity contribution in [3.63, 3.8) is 0 Å². The Bertz CT molecular complexity index is 626. The number of hydrogen-bond donors (Lipinski definition) is 7. The highest BCUT2D eigenvalue weighted by Crippen LogP contribution is 2.06. The van der Waals surface area contributed by atoms with Crippen LogP contribution in [0, 0.1) is 5.92 Å². The van der Waals surface area contributed by atoms with Gasteiger partial charge in [-0.2, -0.15) is 0 Å². The topological polar surface area (TPSA) is 214 Å². The second-order valence-corrected chi connectivity index (χ2v) is 7.35. The maximum atomic E-state index is 12.6. The molecule has 4 unspecified atom stereocenters. The molecule has 0 bridgehead atoms. The molecule has 172 valence electrons. The first-order chi connectivity index (χ1) is 13.9. The van der Waals surface area contributed by atoms with Crippen molar-refractivity contribution < 1.29 is 34.2 Å². The van der Waals surface area contributed by atoms with Crippen LogP contribution >= 0.6 is 0 Å². The van der Waals surface area contributed by atoms with Crippen LogP contribution in [0.25, 0.3) is 0 Å². The molecule has 0 aliphatic carbocycles. The standard InChI is InChI=1S/C18H33N5O7/c1-9(2)14(23-15(26)11(20)6-4-5-7-19)17(28)22-12(8-13(24)25)16(27)21-10(3)18(29)30/h9-12,14H,4-8,19-20H2,1-3H3,(H,21,27)(H,22,28)(H,23,26)(H,24,25)(H,29,30). The van der Waals surface area contributed by atoms with Crippen LogP contribution in [-0.4, -0.2) is 70.6 Å². The third-order valence-electron chi connectivity index (χ3n) is 4.29. The van der Waals surface area contributed by atoms with Crippen molar-refractivity contribution in [1.82, 2.24) is 16.0 Å². The molecule has 0 rings (SSSR count). The minimum absolute atomic E-state index is 0.382. The number of carboxylic acid groups (broad SMARTS) is 2. The molecule has 0 aromatic carbocycles. The summed E-state index contributed by atoms with van der Waals surface area (Å²) in [5.74, 6) is -5.38. The van der Waals surface area contributed by atoms with E-state index in [1.54, 1.807) is 13.8 Å². The van der Waals surface area contributed by atoms with E-state index in [-0.39, 0.29) is 0 Å². The lowest BCUT2D eigenvalue weighted by atomic mass is 10.0. The number of aliphatic carboxylic acids is 2. The van der Waals surface area contributed by atoms with Gasteiger partial charge in [0.05, 0.1) is 12.5 Å². The van der Waals surface area contributed by atoms with Crippen molar-refractivity contribution in [1.29, 1.82) is 0 Å². The maximum Gasteiger partial charge on any atom is 0.325 e. The van der Waals surface area contributed by atoms with Gasteiger partial charge in [0.15, 0.2) is 0 Å². The fraction of sp³-hybridized carbons (Fsp3) is 0.722. The summed E-state index contributed by atoms with van der Waals surface area (Å²) in [6, 6.07) is -4.72. The average Bonchev–Trinajstić information content (AvgIpc) is 2.64. The maximum absolute atomic E-state index is 12.6. The molecule has 0 saturated heterocycles. The molecular weight excluding hydrogens is 398 g/mol. The molecule has 0 aromatic rings. The lowest BCUT2D eigenvalue weighted by molar-refractivity contribution is -0.143. The molecule has 0 radical (unpaired) electrons. The van der Waals surface area contributed by atoms with Crippen LogP contribution < -0.4 is 27.4 Å². The number of rotatable bonds is 14. The van der Waals surface area contributed by atoms with Crippen molar-refractivity contribution in [3.05, 3.63) is 0 Å². The second kappa shape index (κ2) is 13.5. The van der Waals surface area contributed by atoms with E-state index in [9.17, 15) is 24.0 Å². The highest BCUT2D eigenvalue weighted by atomic mass is 16.4. The zero-order chi connectivity index (χ0) is 23.4. The fourth-order valence-corrected chi connectivity index (χ4v) is 2.46. The van der Waals surface area contributed by atoms with E-state index >= 15 is 0 Å². The normalized spacial score (nSPS) is 14.9. The molecule has 0 aliphatic rings. The summed E-state index contributed by atoms with van der Waals surface area (Å²) in [5, 5.41) is 24.8. The van der Waals surface area contributed by atoms with E-state index in [1.165, 1.54) is 6.92 Å². The summed E-state index contributed by atoms with van der Waals surface area (Å²) in [4.78, 5) is 59.1. The van der Waals surface area contributed by atoms with Crippen molar-refractivity contribution >= 4 is 29.7 Å². The van der Waals surface area contributed by atoms with Gasteiger partial charge in [-0.3, -0.25) is 24.0 Å². The van der Waals surface area contributed by atoms with E-state index in [0.717, 1.165) is 0 Å². The Labute approximate surface area is 175 Å². The predicted octanol–water partition coefficient (Wildman–Crippen LogP) is -1.87. The molecule has 30 heavy (non-hydrogen) atoms. The van der Waals surface area contributed by atoms with Crippen LogP contribution in [0.15, 0.2) is 0 Å². The molecule has 12 heteroatoms. The number of nitrogens with one attached hydrogen (secondary N) is 3. The first-order valence-electron chi connectivity index (χ1n) is 9.72. The van der Waals surface area contributed by atoms with Crippen LogP contribution in [-0.2, 0) is 24.0 Å². The molecule has 3 amide bonds. The second-order valence-electron chi connectivity index (χ2n) is 7.35. The SMILES string of the molecule is CC(NC(=O)C(CC(=O)O)NC(=O)C(NC(=O)C(N)CCCCN)C(C)C)C(=O)O. The Morgan fingerprint density at radius 3 is 1.93 bits per heavy atom. The number of carbonyl (C=O) groups excluding carboxylic acids is 3. The van der Waals surface area contributed by atoms with Crippen LogP contribution in [0.1, 0.15) is 46.5 Å². The molecule has 9 N–H and O–H groups in total. The smallest absolute Gasteiger partial charge is 0.325 e. The van der Waals surface area contributed by atoms with Crippen LogP contribution in [0.4, 0.5) is 0 Å². The number of unbranched alkanes of at least 4 members (excludes halogenated alkanes) is 1. The highest BCUT2D eigenvalue weighted by Gasteiger charge is 2.32. The highest BCUT2D eigenvalue weighted by molar-refractivity contribution is 5.95. The Hall–Kier alpha value is -2.73. The number of nitrogens with two attached hydrogens (primary N) is 2. The number of carbonyl (C=O) groups is 5. The summed E-state index contributed by atoms with van der Waals surface area (Å²) in [6.07, 6.45) is 0.968.